The molecule has 4 heteroatoms. The summed E-state index contributed by atoms with van der Waals surface area (Å²) in [6, 6.07) is 1.33. The second kappa shape index (κ2) is 4.67. The fourth-order valence-electron chi connectivity index (χ4n) is 1.70. The summed E-state index contributed by atoms with van der Waals surface area (Å²) in [5, 5.41) is 9.03. The molecule has 1 aromatic heterocycles. The van der Waals surface area contributed by atoms with Gasteiger partial charge in [-0.15, -0.1) is 12.3 Å². The third kappa shape index (κ3) is 2.14. The van der Waals surface area contributed by atoms with Crippen LogP contribution in [0.5, 0.6) is 0 Å². The minimum absolute atomic E-state index is 0.177. The maximum atomic E-state index is 11.6. The first kappa shape index (κ1) is 12.1. The van der Waals surface area contributed by atoms with Crippen molar-refractivity contribution in [3.63, 3.8) is 0 Å². The average Bonchev–Trinajstić information content (AvgIpc) is 2.16. The normalized spacial score (nSPS) is 9.81. The van der Waals surface area contributed by atoms with Gasteiger partial charge in [0.25, 0.3) is 5.56 Å². The van der Waals surface area contributed by atoms with Crippen LogP contribution >= 0.6 is 0 Å². The van der Waals surface area contributed by atoms with Crippen molar-refractivity contribution in [3.8, 4) is 12.3 Å². The van der Waals surface area contributed by atoms with Gasteiger partial charge >= 0.3 is 5.97 Å². The molecule has 1 aromatic rings. The number of aromatic carboxylic acids is 1. The molecule has 0 atom stereocenters. The first-order valence-electron chi connectivity index (χ1n) is 4.86. The third-order valence-corrected chi connectivity index (χ3v) is 2.46. The van der Waals surface area contributed by atoms with Crippen LogP contribution in [0.15, 0.2) is 10.9 Å². The van der Waals surface area contributed by atoms with Crippen LogP contribution in [-0.2, 0) is 6.54 Å². The second-order valence-electron chi connectivity index (χ2n) is 3.54. The summed E-state index contributed by atoms with van der Waals surface area (Å²) in [4.78, 5) is 22.7. The van der Waals surface area contributed by atoms with Crippen molar-refractivity contribution in [3.05, 3.63) is 33.2 Å². The van der Waals surface area contributed by atoms with Gasteiger partial charge in [-0.3, -0.25) is 4.79 Å². The van der Waals surface area contributed by atoms with E-state index >= 15 is 0 Å². The molecular formula is C12H13NO3. The number of rotatable bonds is 3. The third-order valence-electron chi connectivity index (χ3n) is 2.46. The number of aryl methyl sites for hydroxylation is 1. The lowest BCUT2D eigenvalue weighted by molar-refractivity contribution is 0.0694. The van der Waals surface area contributed by atoms with E-state index in [9.17, 15) is 9.59 Å². The number of nitrogens with zero attached hydrogens (tertiary/aromatic N) is 1. The van der Waals surface area contributed by atoms with Crippen molar-refractivity contribution in [2.45, 2.75) is 26.8 Å². The van der Waals surface area contributed by atoms with E-state index in [0.29, 0.717) is 24.2 Å². The van der Waals surface area contributed by atoms with Gasteiger partial charge in [-0.2, -0.15) is 0 Å². The number of hydrogen-bond donors (Lipinski definition) is 1. The predicted octanol–water partition coefficient (Wildman–Crippen LogP) is 1.19. The van der Waals surface area contributed by atoms with E-state index in [1.807, 2.05) is 0 Å². The number of carboxylic acid groups (broad SMARTS) is 1. The fourth-order valence-corrected chi connectivity index (χ4v) is 1.70. The quantitative estimate of drug-likeness (QED) is 0.777. The highest BCUT2D eigenvalue weighted by Gasteiger charge is 2.15. The van der Waals surface area contributed by atoms with Crippen LogP contribution in [0.3, 0.4) is 0 Å². The van der Waals surface area contributed by atoms with Gasteiger partial charge in [-0.05, 0) is 19.4 Å². The van der Waals surface area contributed by atoms with Crippen LogP contribution in [-0.4, -0.2) is 15.6 Å². The monoisotopic (exact) mass is 219 g/mol. The molecule has 0 radical (unpaired) electrons. The predicted molar refractivity (Wildman–Crippen MR) is 60.6 cm³/mol. The fraction of sp³-hybridized carbons (Fsp3) is 0.333. The second-order valence-corrected chi connectivity index (χ2v) is 3.54. The molecule has 0 aliphatic heterocycles. The Balaban J connectivity index is 3.40. The average molecular weight is 219 g/mol. The first-order chi connectivity index (χ1) is 7.49. The topological polar surface area (TPSA) is 59.3 Å². The summed E-state index contributed by atoms with van der Waals surface area (Å²) in [6.45, 7) is 3.58. The molecule has 0 aromatic carbocycles. The minimum atomic E-state index is -1.02. The zero-order valence-corrected chi connectivity index (χ0v) is 9.28. The molecule has 0 saturated carbocycles. The summed E-state index contributed by atoms with van der Waals surface area (Å²) in [5.74, 6) is 1.40. The molecule has 16 heavy (non-hydrogen) atoms. The van der Waals surface area contributed by atoms with E-state index in [1.54, 1.807) is 13.8 Å². The molecule has 0 bridgehead atoms. The number of carbonyl (C=O) groups is 1. The Morgan fingerprint density at radius 2 is 2.19 bits per heavy atom. The van der Waals surface area contributed by atoms with Gasteiger partial charge in [0.15, 0.2) is 0 Å². The Morgan fingerprint density at radius 1 is 1.56 bits per heavy atom. The van der Waals surface area contributed by atoms with Crippen LogP contribution in [0.1, 0.15) is 28.0 Å². The number of terminal acetylenes is 1. The van der Waals surface area contributed by atoms with Crippen LogP contribution < -0.4 is 5.56 Å². The van der Waals surface area contributed by atoms with Crippen molar-refractivity contribution in [1.29, 1.82) is 0 Å². The lowest BCUT2D eigenvalue weighted by Crippen LogP contribution is -2.25. The van der Waals surface area contributed by atoms with Crippen molar-refractivity contribution in [2.75, 3.05) is 0 Å². The highest BCUT2D eigenvalue weighted by Crippen LogP contribution is 2.11. The molecule has 4 nitrogen and oxygen atoms in total. The summed E-state index contributed by atoms with van der Waals surface area (Å²) in [6.07, 6.45) is 5.53. The van der Waals surface area contributed by atoms with Crippen molar-refractivity contribution in [2.24, 2.45) is 0 Å². The molecule has 0 saturated heterocycles. The molecule has 0 amide bonds. The van der Waals surface area contributed by atoms with Gasteiger partial charge in [-0.1, -0.05) is 0 Å². The molecule has 0 aliphatic carbocycles. The molecule has 1 N–H and O–H groups in total. The van der Waals surface area contributed by atoms with Crippen LogP contribution in [0.25, 0.3) is 0 Å². The van der Waals surface area contributed by atoms with E-state index in [1.165, 1.54) is 10.6 Å². The van der Waals surface area contributed by atoms with Gasteiger partial charge < -0.3 is 9.67 Å². The Labute approximate surface area is 93.5 Å². The molecule has 1 rings (SSSR count). The van der Waals surface area contributed by atoms with E-state index in [0.717, 1.165) is 0 Å². The Kier molecular flexibility index (Phi) is 3.51. The van der Waals surface area contributed by atoms with Gasteiger partial charge in [0.1, 0.15) is 0 Å². The van der Waals surface area contributed by atoms with E-state index < -0.39 is 5.97 Å². The Hall–Kier alpha value is -2.02. The van der Waals surface area contributed by atoms with Crippen molar-refractivity contribution >= 4 is 5.97 Å². The molecule has 0 aliphatic rings. The SMILES string of the molecule is C#CCCn1c(C)c(C(=O)O)c(C)cc1=O. The van der Waals surface area contributed by atoms with E-state index in [2.05, 4.69) is 5.92 Å². The number of pyridine rings is 1. The largest absolute Gasteiger partial charge is 0.478 e. The van der Waals surface area contributed by atoms with Crippen molar-refractivity contribution in [1.82, 2.24) is 4.57 Å². The van der Waals surface area contributed by atoms with Crippen LogP contribution in [0.2, 0.25) is 0 Å². The Bertz CT molecular complexity index is 520. The summed E-state index contributed by atoms with van der Waals surface area (Å²) < 4.78 is 1.40. The highest BCUT2D eigenvalue weighted by molar-refractivity contribution is 5.90. The summed E-state index contributed by atoms with van der Waals surface area (Å²) >= 11 is 0. The lowest BCUT2D eigenvalue weighted by atomic mass is 10.1. The van der Waals surface area contributed by atoms with Crippen LogP contribution in [0, 0.1) is 26.2 Å². The zero-order chi connectivity index (χ0) is 12.3. The van der Waals surface area contributed by atoms with Crippen molar-refractivity contribution < 1.29 is 9.90 Å². The standard InChI is InChI=1S/C12H13NO3/c1-4-5-6-13-9(3)11(12(15)16)8(2)7-10(13)14/h1,7H,5-6H2,2-3H3,(H,15,16). The maximum Gasteiger partial charge on any atom is 0.337 e. The van der Waals surface area contributed by atoms with Gasteiger partial charge in [0, 0.05) is 24.7 Å². The van der Waals surface area contributed by atoms with Gasteiger partial charge in [-0.25, -0.2) is 4.79 Å². The van der Waals surface area contributed by atoms with E-state index in [4.69, 9.17) is 11.5 Å². The highest BCUT2D eigenvalue weighted by atomic mass is 16.4. The molecule has 0 fully saturated rings. The molecule has 0 unspecified atom stereocenters. The number of hydrogen-bond acceptors (Lipinski definition) is 2. The summed E-state index contributed by atoms with van der Waals surface area (Å²) in [7, 11) is 0. The molecule has 1 heterocycles. The minimum Gasteiger partial charge on any atom is -0.478 e. The van der Waals surface area contributed by atoms with Gasteiger partial charge in [0.2, 0.25) is 0 Å². The summed E-state index contributed by atoms with van der Waals surface area (Å²) in [5.41, 5.74) is 0.895. The smallest absolute Gasteiger partial charge is 0.337 e. The maximum absolute atomic E-state index is 11.6. The first-order valence-corrected chi connectivity index (χ1v) is 4.86. The lowest BCUT2D eigenvalue weighted by Gasteiger charge is -2.12. The number of carboxylic acids is 1. The van der Waals surface area contributed by atoms with E-state index in [-0.39, 0.29) is 11.1 Å². The van der Waals surface area contributed by atoms with Gasteiger partial charge in [0.05, 0.1) is 5.56 Å². The Morgan fingerprint density at radius 3 is 2.69 bits per heavy atom. The molecular weight excluding hydrogens is 206 g/mol. The molecule has 84 valence electrons. The zero-order valence-electron chi connectivity index (χ0n) is 9.28. The molecule has 0 spiro atoms. The number of aromatic nitrogens is 1. The van der Waals surface area contributed by atoms with Crippen LogP contribution in [0.4, 0.5) is 0 Å².